The van der Waals surface area contributed by atoms with Crippen LogP contribution < -0.4 is 5.56 Å². The maximum atomic E-state index is 13.8. The van der Waals surface area contributed by atoms with Gasteiger partial charge in [0.2, 0.25) is 0 Å². The number of pyridine rings is 2. The number of halogens is 2. The molecule has 0 saturated carbocycles. The van der Waals surface area contributed by atoms with Gasteiger partial charge in [-0.3, -0.25) is 4.79 Å². The minimum Gasteiger partial charge on any atom is -0.318 e. The van der Waals surface area contributed by atoms with Gasteiger partial charge in [-0.15, -0.1) is 0 Å². The van der Waals surface area contributed by atoms with Crippen molar-refractivity contribution >= 4 is 28.1 Å². The Bertz CT molecular complexity index is 805. The summed E-state index contributed by atoms with van der Waals surface area (Å²) in [4.78, 5) is 16.2. The smallest absolute Gasteiger partial charge is 0.259 e. The SMILES string of the molecule is C=C/C(F)=C(\C=C)c1cc2c(=O)n(C)ccc2nc1Cl. The van der Waals surface area contributed by atoms with E-state index in [1.165, 1.54) is 16.7 Å². The zero-order valence-electron chi connectivity index (χ0n) is 10.9. The van der Waals surface area contributed by atoms with E-state index in [1.54, 1.807) is 19.3 Å². The zero-order valence-corrected chi connectivity index (χ0v) is 11.6. The highest BCUT2D eigenvalue weighted by atomic mass is 35.5. The van der Waals surface area contributed by atoms with E-state index >= 15 is 0 Å². The standard InChI is InChI=1S/C15H12ClFN2O/c1-4-9(12(17)5-2)10-8-11-13(18-14(10)16)6-7-19(3)15(11)20/h4-8H,1-2H2,3H3/b12-9-. The van der Waals surface area contributed by atoms with Crippen molar-refractivity contribution in [2.24, 2.45) is 7.05 Å². The summed E-state index contributed by atoms with van der Waals surface area (Å²) in [5, 5.41) is 0.475. The molecule has 2 rings (SSSR count). The highest BCUT2D eigenvalue weighted by molar-refractivity contribution is 6.31. The molecule has 0 atom stereocenters. The second kappa shape index (κ2) is 5.43. The van der Waals surface area contributed by atoms with Crippen molar-refractivity contribution in [2.75, 3.05) is 0 Å². The first-order valence-electron chi connectivity index (χ1n) is 5.80. The first-order chi connectivity index (χ1) is 9.49. The molecule has 0 aliphatic carbocycles. The van der Waals surface area contributed by atoms with E-state index in [1.807, 2.05) is 0 Å². The molecule has 2 aromatic heterocycles. The Balaban J connectivity index is 2.88. The average Bonchev–Trinajstić information content (AvgIpc) is 2.44. The summed E-state index contributed by atoms with van der Waals surface area (Å²) in [6, 6.07) is 3.20. The molecular formula is C15H12ClFN2O. The predicted molar refractivity (Wildman–Crippen MR) is 80.4 cm³/mol. The van der Waals surface area contributed by atoms with Gasteiger partial charge in [0.05, 0.1) is 10.9 Å². The summed E-state index contributed by atoms with van der Waals surface area (Å²) in [5.74, 6) is -0.573. The molecule has 3 nitrogen and oxygen atoms in total. The first-order valence-corrected chi connectivity index (χ1v) is 6.18. The van der Waals surface area contributed by atoms with Gasteiger partial charge in [0.15, 0.2) is 0 Å². The molecule has 20 heavy (non-hydrogen) atoms. The molecule has 0 saturated heterocycles. The Hall–Kier alpha value is -2.20. The van der Waals surface area contributed by atoms with E-state index in [2.05, 4.69) is 18.1 Å². The minimum atomic E-state index is -0.573. The van der Waals surface area contributed by atoms with Crippen molar-refractivity contribution in [3.8, 4) is 0 Å². The third-order valence-corrected chi connectivity index (χ3v) is 3.23. The summed E-state index contributed by atoms with van der Waals surface area (Å²) in [5.41, 5.74) is 0.708. The molecule has 0 radical (unpaired) electrons. The van der Waals surface area contributed by atoms with Crippen molar-refractivity contribution in [1.29, 1.82) is 0 Å². The molecule has 2 aromatic rings. The van der Waals surface area contributed by atoms with Crippen LogP contribution in [-0.2, 0) is 7.05 Å². The summed E-state index contributed by atoms with van der Waals surface area (Å²) >= 11 is 6.07. The fourth-order valence-electron chi connectivity index (χ4n) is 1.88. The third kappa shape index (κ3) is 2.30. The fraction of sp³-hybridized carbons (Fsp3) is 0.0667. The molecule has 5 heteroatoms. The first kappa shape index (κ1) is 14.2. The number of aryl methyl sites for hydroxylation is 1. The maximum Gasteiger partial charge on any atom is 0.259 e. The van der Waals surface area contributed by atoms with Crippen LogP contribution in [0.2, 0.25) is 5.15 Å². The van der Waals surface area contributed by atoms with Crippen LogP contribution in [0.15, 0.2) is 54.3 Å². The Morgan fingerprint density at radius 3 is 2.75 bits per heavy atom. The monoisotopic (exact) mass is 290 g/mol. The number of hydrogen-bond acceptors (Lipinski definition) is 2. The number of fused-ring (bicyclic) bond motifs is 1. The Morgan fingerprint density at radius 1 is 1.45 bits per heavy atom. The van der Waals surface area contributed by atoms with Crippen LogP contribution in [0.3, 0.4) is 0 Å². The van der Waals surface area contributed by atoms with E-state index in [4.69, 9.17) is 11.6 Å². The molecule has 0 aliphatic rings. The third-order valence-electron chi connectivity index (χ3n) is 2.94. The molecule has 0 aliphatic heterocycles. The Morgan fingerprint density at radius 2 is 2.15 bits per heavy atom. The lowest BCUT2D eigenvalue weighted by Gasteiger charge is -2.08. The minimum absolute atomic E-state index is 0.109. The molecule has 2 heterocycles. The van der Waals surface area contributed by atoms with Gasteiger partial charge in [-0.05, 0) is 18.2 Å². The number of nitrogens with zero attached hydrogens (tertiary/aromatic N) is 2. The highest BCUT2D eigenvalue weighted by Crippen LogP contribution is 2.29. The van der Waals surface area contributed by atoms with E-state index in [9.17, 15) is 9.18 Å². The second-order valence-corrected chi connectivity index (χ2v) is 4.52. The number of hydrogen-bond donors (Lipinski definition) is 0. The molecule has 0 bridgehead atoms. The van der Waals surface area contributed by atoms with Crippen LogP contribution in [0.1, 0.15) is 5.56 Å². The lowest BCUT2D eigenvalue weighted by Crippen LogP contribution is -2.16. The van der Waals surface area contributed by atoms with Gasteiger partial charge in [-0.1, -0.05) is 30.8 Å². The molecular weight excluding hydrogens is 279 g/mol. The number of rotatable bonds is 3. The molecule has 0 unspecified atom stereocenters. The molecule has 0 N–H and O–H groups in total. The van der Waals surface area contributed by atoms with Crippen molar-refractivity contribution in [3.05, 3.63) is 70.5 Å². The number of allylic oxidation sites excluding steroid dienone is 4. The van der Waals surface area contributed by atoms with E-state index in [0.717, 1.165) is 6.08 Å². The van der Waals surface area contributed by atoms with Crippen LogP contribution in [0.25, 0.3) is 16.5 Å². The Labute approximate surface area is 120 Å². The normalized spacial score (nSPS) is 12.2. The molecule has 0 amide bonds. The van der Waals surface area contributed by atoms with Crippen LogP contribution in [0, 0.1) is 0 Å². The maximum absolute atomic E-state index is 13.8. The van der Waals surface area contributed by atoms with Gasteiger partial charge in [0.1, 0.15) is 11.0 Å². The zero-order chi connectivity index (χ0) is 14.9. The van der Waals surface area contributed by atoms with Crippen molar-refractivity contribution < 1.29 is 4.39 Å². The van der Waals surface area contributed by atoms with Crippen LogP contribution in [0.4, 0.5) is 4.39 Å². The molecule has 102 valence electrons. The van der Waals surface area contributed by atoms with Crippen LogP contribution >= 0.6 is 11.6 Å². The Kier molecular flexibility index (Phi) is 3.86. The van der Waals surface area contributed by atoms with Gasteiger partial charge in [-0.2, -0.15) is 0 Å². The van der Waals surface area contributed by atoms with Crippen molar-refractivity contribution in [3.63, 3.8) is 0 Å². The van der Waals surface area contributed by atoms with Gasteiger partial charge < -0.3 is 4.57 Å². The van der Waals surface area contributed by atoms with Crippen molar-refractivity contribution in [1.82, 2.24) is 9.55 Å². The number of aromatic nitrogens is 2. The highest BCUT2D eigenvalue weighted by Gasteiger charge is 2.13. The summed E-state index contributed by atoms with van der Waals surface area (Å²) in [6.45, 7) is 6.92. The van der Waals surface area contributed by atoms with Crippen LogP contribution in [-0.4, -0.2) is 9.55 Å². The lowest BCUT2D eigenvalue weighted by atomic mass is 10.1. The predicted octanol–water partition coefficient (Wildman–Crippen LogP) is 3.64. The molecule has 0 spiro atoms. The average molecular weight is 291 g/mol. The second-order valence-electron chi connectivity index (χ2n) is 4.16. The fourth-order valence-corrected chi connectivity index (χ4v) is 2.12. The van der Waals surface area contributed by atoms with Gasteiger partial charge in [0.25, 0.3) is 5.56 Å². The van der Waals surface area contributed by atoms with E-state index in [0.29, 0.717) is 16.5 Å². The van der Waals surface area contributed by atoms with E-state index < -0.39 is 5.83 Å². The summed E-state index contributed by atoms with van der Waals surface area (Å²) in [6.07, 6.45) is 3.97. The molecule has 0 aromatic carbocycles. The topological polar surface area (TPSA) is 34.9 Å². The quantitative estimate of drug-likeness (QED) is 0.639. The van der Waals surface area contributed by atoms with Gasteiger partial charge >= 0.3 is 0 Å². The van der Waals surface area contributed by atoms with Crippen LogP contribution in [0.5, 0.6) is 0 Å². The van der Waals surface area contributed by atoms with Crippen molar-refractivity contribution in [2.45, 2.75) is 0 Å². The largest absolute Gasteiger partial charge is 0.318 e. The summed E-state index contributed by atoms with van der Waals surface area (Å²) in [7, 11) is 1.63. The van der Waals surface area contributed by atoms with E-state index in [-0.39, 0.29) is 16.3 Å². The molecule has 0 fully saturated rings. The van der Waals surface area contributed by atoms with Gasteiger partial charge in [-0.25, -0.2) is 9.37 Å². The van der Waals surface area contributed by atoms with Gasteiger partial charge in [0, 0.05) is 24.4 Å². The lowest BCUT2D eigenvalue weighted by molar-refractivity contribution is 0.672. The summed E-state index contributed by atoms with van der Waals surface area (Å²) < 4.78 is 15.2.